The first kappa shape index (κ1) is 19.9. The van der Waals surface area contributed by atoms with Crippen molar-refractivity contribution in [3.8, 4) is 0 Å². The molecule has 2 rings (SSSR count). The highest BCUT2D eigenvalue weighted by Gasteiger charge is 2.23. The van der Waals surface area contributed by atoms with Gasteiger partial charge in [-0.15, -0.1) is 0 Å². The number of aldehydes is 1. The summed E-state index contributed by atoms with van der Waals surface area (Å²) in [5, 5.41) is 8.87. The van der Waals surface area contributed by atoms with E-state index in [1.807, 2.05) is 21.9 Å². The van der Waals surface area contributed by atoms with Gasteiger partial charge in [-0.1, -0.05) is 12.1 Å². The van der Waals surface area contributed by atoms with Crippen molar-refractivity contribution in [2.24, 2.45) is 5.73 Å². The van der Waals surface area contributed by atoms with Gasteiger partial charge in [0.1, 0.15) is 12.3 Å². The molecule has 1 heterocycles. The lowest BCUT2D eigenvalue weighted by Gasteiger charge is -2.31. The Morgan fingerprint density at radius 3 is 2.42 bits per heavy atom. The van der Waals surface area contributed by atoms with Gasteiger partial charge in [-0.2, -0.15) is 0 Å². The van der Waals surface area contributed by atoms with E-state index in [0.29, 0.717) is 18.8 Å². The zero-order chi connectivity index (χ0) is 19.1. The molecule has 0 aromatic heterocycles. The first-order valence-electron chi connectivity index (χ1n) is 8.92. The summed E-state index contributed by atoms with van der Waals surface area (Å²) in [6, 6.07) is 7.54. The van der Waals surface area contributed by atoms with Gasteiger partial charge in [-0.25, -0.2) is 0 Å². The van der Waals surface area contributed by atoms with Crippen molar-refractivity contribution in [2.45, 2.75) is 37.6 Å². The van der Waals surface area contributed by atoms with Crippen LogP contribution in [0.4, 0.5) is 5.69 Å². The lowest BCUT2D eigenvalue weighted by Crippen LogP contribution is -2.42. The van der Waals surface area contributed by atoms with Gasteiger partial charge >= 0.3 is 5.97 Å². The van der Waals surface area contributed by atoms with E-state index in [4.69, 9.17) is 10.8 Å². The number of primary amides is 1. The molecular weight excluding hydrogens is 334 g/mol. The lowest BCUT2D eigenvalue weighted by molar-refractivity contribution is -0.138. The molecule has 0 bridgehead atoms. The number of rotatable bonds is 9. The number of aliphatic carboxylic acids is 1. The van der Waals surface area contributed by atoms with Crippen LogP contribution in [0.15, 0.2) is 24.3 Å². The van der Waals surface area contributed by atoms with Crippen LogP contribution in [0.25, 0.3) is 0 Å². The largest absolute Gasteiger partial charge is 0.480 e. The summed E-state index contributed by atoms with van der Waals surface area (Å²) in [6.07, 6.45) is 3.37. The Morgan fingerprint density at radius 1 is 1.31 bits per heavy atom. The summed E-state index contributed by atoms with van der Waals surface area (Å²) in [7, 11) is 1.81. The lowest BCUT2D eigenvalue weighted by atomic mass is 9.89. The first-order valence-corrected chi connectivity index (χ1v) is 8.92. The predicted molar refractivity (Wildman–Crippen MR) is 99.2 cm³/mol. The van der Waals surface area contributed by atoms with Crippen molar-refractivity contribution in [3.05, 3.63) is 29.8 Å². The van der Waals surface area contributed by atoms with Crippen molar-refractivity contribution < 1.29 is 19.5 Å². The van der Waals surface area contributed by atoms with Crippen LogP contribution < -0.4 is 10.6 Å². The van der Waals surface area contributed by atoms with E-state index in [9.17, 15) is 14.4 Å². The maximum absolute atomic E-state index is 11.7. The number of carbonyl (C=O) groups is 3. The zero-order valence-corrected chi connectivity index (χ0v) is 15.1. The standard InChI is InChI=1S/C19H27N3O4/c1-21(17(19(20)26)3-2-12-23)16-6-4-14(5-7-16)15-8-10-22(11-9-15)13-18(24)25/h4-7,12,15,17H,2-3,8-11,13H2,1H3,(H2,20,26)(H,24,25). The third kappa shape index (κ3) is 5.29. The Balaban J connectivity index is 1.98. The molecule has 1 fully saturated rings. The van der Waals surface area contributed by atoms with E-state index in [-0.39, 0.29) is 6.54 Å². The molecule has 1 unspecified atom stereocenters. The predicted octanol–water partition coefficient (Wildman–Crippen LogP) is 1.22. The van der Waals surface area contributed by atoms with Crippen LogP contribution in [0.1, 0.15) is 37.2 Å². The number of carbonyl (C=O) groups excluding carboxylic acids is 2. The summed E-state index contributed by atoms with van der Waals surface area (Å²) in [5.41, 5.74) is 7.57. The maximum Gasteiger partial charge on any atom is 0.317 e. The number of likely N-dealkylation sites (N-methyl/N-ethyl adjacent to an activating group) is 1. The number of nitrogens with two attached hydrogens (primary N) is 1. The second-order valence-electron chi connectivity index (χ2n) is 6.81. The molecule has 1 aliphatic rings. The van der Waals surface area contributed by atoms with Gasteiger partial charge < -0.3 is 20.5 Å². The molecule has 1 saturated heterocycles. The van der Waals surface area contributed by atoms with Gasteiger partial charge in [0.2, 0.25) is 5.91 Å². The molecule has 1 atom stereocenters. The summed E-state index contributed by atoms with van der Waals surface area (Å²) in [6.45, 7) is 1.67. The fourth-order valence-electron chi connectivity index (χ4n) is 3.53. The van der Waals surface area contributed by atoms with Gasteiger partial charge in [-0.3, -0.25) is 14.5 Å². The zero-order valence-electron chi connectivity index (χ0n) is 15.1. The Bertz CT molecular complexity index is 624. The van der Waals surface area contributed by atoms with E-state index < -0.39 is 17.9 Å². The molecule has 26 heavy (non-hydrogen) atoms. The molecule has 7 nitrogen and oxygen atoms in total. The maximum atomic E-state index is 11.7. The van der Waals surface area contributed by atoms with Crippen molar-refractivity contribution in [2.75, 3.05) is 31.6 Å². The average Bonchev–Trinajstić information content (AvgIpc) is 2.62. The number of benzene rings is 1. The molecule has 0 aliphatic carbocycles. The van der Waals surface area contributed by atoms with E-state index >= 15 is 0 Å². The summed E-state index contributed by atoms with van der Waals surface area (Å²) >= 11 is 0. The van der Waals surface area contributed by atoms with E-state index in [1.54, 1.807) is 7.05 Å². The fraction of sp³-hybridized carbons (Fsp3) is 0.526. The smallest absolute Gasteiger partial charge is 0.317 e. The second-order valence-corrected chi connectivity index (χ2v) is 6.81. The quantitative estimate of drug-likeness (QED) is 0.641. The minimum Gasteiger partial charge on any atom is -0.480 e. The first-order chi connectivity index (χ1) is 12.4. The molecule has 1 amide bonds. The van der Waals surface area contributed by atoms with Gasteiger partial charge in [0, 0.05) is 19.2 Å². The molecular formula is C19H27N3O4. The Labute approximate surface area is 153 Å². The summed E-state index contributed by atoms with van der Waals surface area (Å²) in [4.78, 5) is 36.8. The summed E-state index contributed by atoms with van der Waals surface area (Å²) in [5.74, 6) is -0.806. The number of piperidine rings is 1. The van der Waals surface area contributed by atoms with Crippen LogP contribution in [0.3, 0.4) is 0 Å². The number of carboxylic acid groups (broad SMARTS) is 1. The number of nitrogens with zero attached hydrogens (tertiary/aromatic N) is 2. The molecule has 0 saturated carbocycles. The monoisotopic (exact) mass is 361 g/mol. The van der Waals surface area contributed by atoms with Crippen LogP contribution in [0.5, 0.6) is 0 Å². The van der Waals surface area contributed by atoms with Gasteiger partial charge in [0.15, 0.2) is 0 Å². The topological polar surface area (TPSA) is 104 Å². The van der Waals surface area contributed by atoms with Crippen LogP contribution in [0.2, 0.25) is 0 Å². The Hall–Kier alpha value is -2.41. The second kappa shape index (κ2) is 9.33. The molecule has 3 N–H and O–H groups in total. The minimum absolute atomic E-state index is 0.103. The fourth-order valence-corrected chi connectivity index (χ4v) is 3.53. The van der Waals surface area contributed by atoms with Crippen molar-refractivity contribution >= 4 is 23.9 Å². The van der Waals surface area contributed by atoms with Gasteiger partial charge in [-0.05, 0) is 56.0 Å². The molecule has 7 heteroatoms. The van der Waals surface area contributed by atoms with E-state index in [2.05, 4.69) is 12.1 Å². The highest BCUT2D eigenvalue weighted by molar-refractivity contribution is 5.83. The molecule has 0 radical (unpaired) electrons. The molecule has 0 spiro atoms. The highest BCUT2D eigenvalue weighted by Crippen LogP contribution is 2.29. The number of hydrogen-bond acceptors (Lipinski definition) is 5. The number of amides is 1. The van der Waals surface area contributed by atoms with Crippen LogP contribution in [-0.2, 0) is 14.4 Å². The molecule has 142 valence electrons. The molecule has 1 aromatic carbocycles. The minimum atomic E-state index is -0.783. The SMILES string of the molecule is CN(c1ccc(C2CCN(CC(=O)O)CC2)cc1)C(CCC=O)C(N)=O. The van der Waals surface area contributed by atoms with Gasteiger partial charge in [0.05, 0.1) is 6.54 Å². The molecule has 1 aromatic rings. The van der Waals surface area contributed by atoms with E-state index in [1.165, 1.54) is 5.56 Å². The van der Waals surface area contributed by atoms with Crippen LogP contribution in [0, 0.1) is 0 Å². The third-order valence-corrected chi connectivity index (χ3v) is 5.07. The molecule has 1 aliphatic heterocycles. The number of carboxylic acids is 1. The van der Waals surface area contributed by atoms with Crippen LogP contribution in [-0.4, -0.2) is 60.9 Å². The highest BCUT2D eigenvalue weighted by atomic mass is 16.4. The van der Waals surface area contributed by atoms with Crippen LogP contribution >= 0.6 is 0 Å². The Morgan fingerprint density at radius 2 is 1.92 bits per heavy atom. The third-order valence-electron chi connectivity index (χ3n) is 5.07. The Kier molecular flexibility index (Phi) is 7.15. The van der Waals surface area contributed by atoms with Crippen molar-refractivity contribution in [1.82, 2.24) is 4.90 Å². The summed E-state index contributed by atoms with van der Waals surface area (Å²) < 4.78 is 0. The number of likely N-dealkylation sites (tertiary alicyclic amines) is 1. The van der Waals surface area contributed by atoms with Crippen molar-refractivity contribution in [3.63, 3.8) is 0 Å². The average molecular weight is 361 g/mol. The number of hydrogen-bond donors (Lipinski definition) is 2. The number of anilines is 1. The van der Waals surface area contributed by atoms with E-state index in [0.717, 1.165) is 37.9 Å². The van der Waals surface area contributed by atoms with Crippen molar-refractivity contribution in [1.29, 1.82) is 0 Å². The van der Waals surface area contributed by atoms with Gasteiger partial charge in [0.25, 0.3) is 0 Å². The normalized spacial score (nSPS) is 16.8.